The third-order valence-corrected chi connectivity index (χ3v) is 4.15. The SMILES string of the molecule is C[C@H](NCC1CCSC1)c1cccnc1. The lowest BCUT2D eigenvalue weighted by atomic mass is 10.1. The highest BCUT2D eigenvalue weighted by Crippen LogP contribution is 2.23. The van der Waals surface area contributed by atoms with Gasteiger partial charge >= 0.3 is 0 Å². The van der Waals surface area contributed by atoms with Crippen LogP contribution in [-0.4, -0.2) is 23.0 Å². The molecule has 1 aromatic rings. The molecule has 1 aliphatic heterocycles. The summed E-state index contributed by atoms with van der Waals surface area (Å²) in [7, 11) is 0. The number of thioether (sulfide) groups is 1. The summed E-state index contributed by atoms with van der Waals surface area (Å²) in [6.07, 6.45) is 5.14. The number of hydrogen-bond donors (Lipinski definition) is 1. The van der Waals surface area contributed by atoms with Crippen molar-refractivity contribution in [3.8, 4) is 0 Å². The Balaban J connectivity index is 1.79. The fraction of sp³-hybridized carbons (Fsp3) is 0.583. The lowest BCUT2D eigenvalue weighted by Crippen LogP contribution is -2.25. The Morgan fingerprint density at radius 1 is 1.67 bits per heavy atom. The highest BCUT2D eigenvalue weighted by Gasteiger charge is 2.16. The van der Waals surface area contributed by atoms with Gasteiger partial charge in [-0.25, -0.2) is 0 Å². The average molecular weight is 222 g/mol. The zero-order valence-corrected chi connectivity index (χ0v) is 9.96. The number of aromatic nitrogens is 1. The van der Waals surface area contributed by atoms with Crippen molar-refractivity contribution in [3.05, 3.63) is 30.1 Å². The predicted molar refractivity (Wildman–Crippen MR) is 66.1 cm³/mol. The number of pyridine rings is 1. The van der Waals surface area contributed by atoms with Crippen LogP contribution in [0.3, 0.4) is 0 Å². The quantitative estimate of drug-likeness (QED) is 0.847. The molecule has 0 radical (unpaired) electrons. The third kappa shape index (κ3) is 3.21. The van der Waals surface area contributed by atoms with Crippen molar-refractivity contribution in [2.75, 3.05) is 18.1 Å². The van der Waals surface area contributed by atoms with E-state index in [9.17, 15) is 0 Å². The van der Waals surface area contributed by atoms with Crippen molar-refractivity contribution in [1.29, 1.82) is 0 Å². The minimum atomic E-state index is 0.421. The summed E-state index contributed by atoms with van der Waals surface area (Å²) < 4.78 is 0. The van der Waals surface area contributed by atoms with E-state index in [1.54, 1.807) is 0 Å². The van der Waals surface area contributed by atoms with Crippen LogP contribution < -0.4 is 5.32 Å². The second-order valence-electron chi connectivity index (χ2n) is 4.15. The molecule has 3 heteroatoms. The van der Waals surface area contributed by atoms with Crippen molar-refractivity contribution in [3.63, 3.8) is 0 Å². The van der Waals surface area contributed by atoms with Gasteiger partial charge in [0, 0.05) is 18.4 Å². The first kappa shape index (κ1) is 11.0. The lowest BCUT2D eigenvalue weighted by Gasteiger charge is -2.16. The number of nitrogens with zero attached hydrogens (tertiary/aromatic N) is 1. The Labute approximate surface area is 95.9 Å². The van der Waals surface area contributed by atoms with Gasteiger partial charge in [-0.2, -0.15) is 11.8 Å². The maximum atomic E-state index is 4.14. The van der Waals surface area contributed by atoms with E-state index in [1.807, 2.05) is 18.5 Å². The molecule has 1 aliphatic rings. The number of nitrogens with one attached hydrogen (secondary N) is 1. The maximum absolute atomic E-state index is 4.14. The van der Waals surface area contributed by atoms with E-state index in [1.165, 1.54) is 23.5 Å². The number of rotatable bonds is 4. The van der Waals surface area contributed by atoms with E-state index in [0.29, 0.717) is 6.04 Å². The van der Waals surface area contributed by atoms with E-state index in [-0.39, 0.29) is 0 Å². The standard InChI is InChI=1S/C12H18N2S/c1-10(12-3-2-5-13-8-12)14-7-11-4-6-15-9-11/h2-3,5,8,10-11,14H,4,6-7,9H2,1H3/t10-,11?/m0/s1. The summed E-state index contributed by atoms with van der Waals surface area (Å²) in [5.41, 5.74) is 1.28. The van der Waals surface area contributed by atoms with E-state index in [4.69, 9.17) is 0 Å². The van der Waals surface area contributed by atoms with Gasteiger partial charge < -0.3 is 5.32 Å². The van der Waals surface area contributed by atoms with E-state index < -0.39 is 0 Å². The van der Waals surface area contributed by atoms with Crippen LogP contribution >= 0.6 is 11.8 Å². The van der Waals surface area contributed by atoms with Crippen molar-refractivity contribution >= 4 is 11.8 Å². The monoisotopic (exact) mass is 222 g/mol. The smallest absolute Gasteiger partial charge is 0.0315 e. The van der Waals surface area contributed by atoms with Gasteiger partial charge in [-0.05, 0) is 48.9 Å². The van der Waals surface area contributed by atoms with Gasteiger partial charge in [-0.1, -0.05) is 6.07 Å². The molecule has 0 bridgehead atoms. The Hall–Kier alpha value is -0.540. The Morgan fingerprint density at radius 2 is 2.60 bits per heavy atom. The molecule has 0 saturated carbocycles. The van der Waals surface area contributed by atoms with Gasteiger partial charge in [0.15, 0.2) is 0 Å². The molecule has 0 amide bonds. The molecule has 0 aliphatic carbocycles. The normalized spacial score (nSPS) is 22.9. The topological polar surface area (TPSA) is 24.9 Å². The van der Waals surface area contributed by atoms with Crippen LogP contribution in [0.1, 0.15) is 24.9 Å². The summed E-state index contributed by atoms with van der Waals surface area (Å²) in [5, 5.41) is 3.59. The molecule has 82 valence electrons. The van der Waals surface area contributed by atoms with E-state index >= 15 is 0 Å². The molecule has 1 saturated heterocycles. The maximum Gasteiger partial charge on any atom is 0.0315 e. The van der Waals surface area contributed by atoms with Gasteiger partial charge in [0.2, 0.25) is 0 Å². The summed E-state index contributed by atoms with van der Waals surface area (Å²) in [6.45, 7) is 3.35. The first-order valence-electron chi connectivity index (χ1n) is 5.57. The fourth-order valence-corrected chi connectivity index (χ4v) is 3.12. The van der Waals surface area contributed by atoms with Crippen LogP contribution in [-0.2, 0) is 0 Å². The van der Waals surface area contributed by atoms with E-state index in [2.05, 4.69) is 35.1 Å². The van der Waals surface area contributed by atoms with Crippen molar-refractivity contribution < 1.29 is 0 Å². The van der Waals surface area contributed by atoms with Crippen LogP contribution in [0.15, 0.2) is 24.5 Å². The predicted octanol–water partition coefficient (Wildman–Crippen LogP) is 2.49. The Bertz CT molecular complexity index is 283. The number of hydrogen-bond acceptors (Lipinski definition) is 3. The molecular weight excluding hydrogens is 204 g/mol. The summed E-state index contributed by atoms with van der Waals surface area (Å²) in [4.78, 5) is 4.14. The van der Waals surface area contributed by atoms with E-state index in [0.717, 1.165) is 12.5 Å². The molecule has 0 aromatic carbocycles. The summed E-state index contributed by atoms with van der Waals surface area (Å²) in [5.74, 6) is 3.54. The van der Waals surface area contributed by atoms with Gasteiger partial charge in [0.05, 0.1) is 0 Å². The zero-order chi connectivity index (χ0) is 10.5. The van der Waals surface area contributed by atoms with Crippen LogP contribution in [0.5, 0.6) is 0 Å². The van der Waals surface area contributed by atoms with Crippen molar-refractivity contribution in [1.82, 2.24) is 10.3 Å². The first-order chi connectivity index (χ1) is 7.36. The molecule has 1 aromatic heterocycles. The van der Waals surface area contributed by atoms with Crippen molar-refractivity contribution in [2.24, 2.45) is 5.92 Å². The molecule has 2 atom stereocenters. The highest BCUT2D eigenvalue weighted by molar-refractivity contribution is 7.99. The third-order valence-electron chi connectivity index (χ3n) is 2.92. The molecule has 1 N–H and O–H groups in total. The Kier molecular flexibility index (Phi) is 4.03. The molecule has 2 nitrogen and oxygen atoms in total. The van der Waals surface area contributed by atoms with Gasteiger partial charge in [0.1, 0.15) is 0 Å². The summed E-state index contributed by atoms with van der Waals surface area (Å²) in [6, 6.07) is 4.55. The van der Waals surface area contributed by atoms with Crippen LogP contribution in [0.4, 0.5) is 0 Å². The molecule has 1 unspecified atom stereocenters. The minimum absolute atomic E-state index is 0.421. The second kappa shape index (κ2) is 5.52. The largest absolute Gasteiger partial charge is 0.310 e. The highest BCUT2D eigenvalue weighted by atomic mass is 32.2. The molecule has 1 fully saturated rings. The molecule has 2 rings (SSSR count). The molecular formula is C12H18N2S. The van der Waals surface area contributed by atoms with Crippen LogP contribution in [0.2, 0.25) is 0 Å². The average Bonchev–Trinajstić information content (AvgIpc) is 2.80. The second-order valence-corrected chi connectivity index (χ2v) is 5.30. The zero-order valence-electron chi connectivity index (χ0n) is 9.15. The van der Waals surface area contributed by atoms with Gasteiger partial charge in [0.25, 0.3) is 0 Å². The summed E-state index contributed by atoms with van der Waals surface area (Å²) >= 11 is 2.08. The minimum Gasteiger partial charge on any atom is -0.310 e. The van der Waals surface area contributed by atoms with Crippen LogP contribution in [0.25, 0.3) is 0 Å². The molecule has 0 spiro atoms. The van der Waals surface area contributed by atoms with Gasteiger partial charge in [-0.3, -0.25) is 4.98 Å². The van der Waals surface area contributed by atoms with Crippen molar-refractivity contribution in [2.45, 2.75) is 19.4 Å². The molecule has 15 heavy (non-hydrogen) atoms. The fourth-order valence-electron chi connectivity index (χ4n) is 1.84. The van der Waals surface area contributed by atoms with Gasteiger partial charge in [-0.15, -0.1) is 0 Å². The molecule has 2 heterocycles. The first-order valence-corrected chi connectivity index (χ1v) is 6.73. The Morgan fingerprint density at radius 3 is 3.27 bits per heavy atom. The van der Waals surface area contributed by atoms with Crippen LogP contribution in [0, 0.1) is 5.92 Å². The lowest BCUT2D eigenvalue weighted by molar-refractivity contribution is 0.477.